The van der Waals surface area contributed by atoms with Crippen molar-refractivity contribution in [3.05, 3.63) is 118 Å². The molecule has 6 aromatic rings. The number of hydrogen-bond donors (Lipinski definition) is 0. The van der Waals surface area contributed by atoms with Gasteiger partial charge in [0.25, 0.3) is 0 Å². The number of benzene rings is 3. The van der Waals surface area contributed by atoms with Crippen LogP contribution in [0.15, 0.2) is 84.3 Å². The number of aryl methyl sites for hydroxylation is 2. The van der Waals surface area contributed by atoms with Crippen LogP contribution >= 0.6 is 0 Å². The molecule has 1 atom stereocenters. The number of rotatable bonds is 8. The summed E-state index contributed by atoms with van der Waals surface area (Å²) in [5.41, 5.74) is 7.20. The third-order valence-electron chi connectivity index (χ3n) is 7.55. The van der Waals surface area contributed by atoms with E-state index in [-0.39, 0.29) is 12.5 Å². The molecule has 0 N–H and O–H groups in total. The Kier molecular flexibility index (Phi) is 6.89. The molecule has 0 radical (unpaired) electrons. The first-order valence-corrected chi connectivity index (χ1v) is 14.0. The molecule has 1 aliphatic heterocycles. The fourth-order valence-electron chi connectivity index (χ4n) is 5.45. The molecule has 44 heavy (non-hydrogen) atoms. The molecule has 0 fully saturated rings. The van der Waals surface area contributed by atoms with E-state index in [1.165, 1.54) is 5.56 Å². The minimum Gasteiger partial charge on any atom is -0.493 e. The first-order chi connectivity index (χ1) is 21.5. The summed E-state index contributed by atoms with van der Waals surface area (Å²) in [7, 11) is 3.18. The van der Waals surface area contributed by atoms with Crippen LogP contribution in [0.25, 0.3) is 11.3 Å². The summed E-state index contributed by atoms with van der Waals surface area (Å²) < 4.78 is 20.6. The number of hydrogen-bond acceptors (Lipinski definition) is 9. The third-order valence-corrected chi connectivity index (χ3v) is 7.55. The number of ether oxygens (including phenoxy) is 3. The predicted octanol–water partition coefficient (Wildman–Crippen LogP) is 5.78. The fraction of sp³-hybridized carbons (Fsp3) is 0.182. The SMILES string of the molecule is COc1ccc(/C=N/OCc2nc3c4c(ncn3n2)Oc2c(c(C)nn2-c2ccccc2)[C@@H]4c2ccc(C)cc2)cc1OC. The van der Waals surface area contributed by atoms with Crippen LogP contribution in [-0.2, 0) is 11.4 Å². The molecule has 220 valence electrons. The van der Waals surface area contributed by atoms with Gasteiger partial charge in [0.15, 0.2) is 29.6 Å². The predicted molar refractivity (Wildman–Crippen MR) is 163 cm³/mol. The zero-order valence-electron chi connectivity index (χ0n) is 24.6. The monoisotopic (exact) mass is 587 g/mol. The molecule has 1 aliphatic rings. The number of aromatic nitrogens is 6. The lowest BCUT2D eigenvalue weighted by atomic mass is 9.84. The average Bonchev–Trinajstić information content (AvgIpc) is 3.63. The second kappa shape index (κ2) is 11.2. The van der Waals surface area contributed by atoms with E-state index in [1.807, 2.05) is 60.1 Å². The van der Waals surface area contributed by atoms with Gasteiger partial charge in [-0.1, -0.05) is 53.2 Å². The molecule has 4 heterocycles. The van der Waals surface area contributed by atoms with Crippen LogP contribution in [-0.4, -0.2) is 49.8 Å². The van der Waals surface area contributed by atoms with Gasteiger partial charge in [0.05, 0.1) is 48.9 Å². The lowest BCUT2D eigenvalue weighted by Gasteiger charge is -2.26. The molecule has 11 nitrogen and oxygen atoms in total. The molecule has 0 spiro atoms. The molecule has 0 saturated heterocycles. The van der Waals surface area contributed by atoms with Crippen LogP contribution in [0.3, 0.4) is 0 Å². The van der Waals surface area contributed by atoms with Crippen LogP contribution < -0.4 is 14.2 Å². The third kappa shape index (κ3) is 4.77. The van der Waals surface area contributed by atoms with Crippen molar-refractivity contribution in [1.82, 2.24) is 29.4 Å². The van der Waals surface area contributed by atoms with E-state index in [0.29, 0.717) is 34.7 Å². The molecule has 0 amide bonds. The van der Waals surface area contributed by atoms with Crippen molar-refractivity contribution < 1.29 is 19.0 Å². The van der Waals surface area contributed by atoms with Crippen LogP contribution in [0, 0.1) is 13.8 Å². The normalized spacial score (nSPS) is 13.9. The van der Waals surface area contributed by atoms with E-state index >= 15 is 0 Å². The Bertz CT molecular complexity index is 2000. The van der Waals surface area contributed by atoms with Crippen LogP contribution in [0.1, 0.15) is 45.3 Å². The van der Waals surface area contributed by atoms with Crippen LogP contribution in [0.2, 0.25) is 0 Å². The van der Waals surface area contributed by atoms with Crippen LogP contribution in [0.4, 0.5) is 0 Å². The zero-order valence-corrected chi connectivity index (χ0v) is 24.6. The molecule has 0 aliphatic carbocycles. The van der Waals surface area contributed by atoms with Crippen LogP contribution in [0.5, 0.6) is 23.3 Å². The van der Waals surface area contributed by atoms with Gasteiger partial charge in [0, 0.05) is 5.56 Å². The molecule has 3 aromatic carbocycles. The maximum atomic E-state index is 6.49. The summed E-state index contributed by atoms with van der Waals surface area (Å²) in [6, 6.07) is 23.9. The Morgan fingerprint density at radius 1 is 0.909 bits per heavy atom. The van der Waals surface area contributed by atoms with Crippen molar-refractivity contribution >= 4 is 11.9 Å². The van der Waals surface area contributed by atoms with Crippen molar-refractivity contribution in [1.29, 1.82) is 0 Å². The standard InChI is InChI=1S/C33H29N7O4/c1-20-10-13-23(14-11-20)29-28-21(2)37-40(24-8-6-5-7-9-24)33(28)44-32-30(29)31-36-27(38-39(31)19-34-32)18-43-35-17-22-12-15-25(41-3)26(16-22)42-4/h5-17,19,29H,18H2,1-4H3/b35-17+/t29-/m0/s1. The maximum Gasteiger partial charge on any atom is 0.230 e. The number of nitrogens with zero attached hydrogens (tertiary/aromatic N) is 7. The van der Waals surface area contributed by atoms with E-state index in [0.717, 1.165) is 33.6 Å². The first kappa shape index (κ1) is 27.1. The highest BCUT2D eigenvalue weighted by atomic mass is 16.6. The van der Waals surface area contributed by atoms with Crippen molar-refractivity contribution in [2.24, 2.45) is 5.16 Å². The lowest BCUT2D eigenvalue weighted by Crippen LogP contribution is -2.16. The van der Waals surface area contributed by atoms with Gasteiger partial charge in [0.1, 0.15) is 6.33 Å². The summed E-state index contributed by atoms with van der Waals surface area (Å²) in [5.74, 6) is 2.56. The second-order valence-corrected chi connectivity index (χ2v) is 10.4. The number of para-hydroxylation sites is 1. The summed E-state index contributed by atoms with van der Waals surface area (Å²) in [6.45, 7) is 4.14. The minimum atomic E-state index is -0.232. The van der Waals surface area contributed by atoms with E-state index < -0.39 is 0 Å². The Hall–Kier alpha value is -5.71. The molecule has 7 rings (SSSR count). The van der Waals surface area contributed by atoms with Gasteiger partial charge in [-0.15, -0.1) is 5.10 Å². The Labute approximate surface area is 253 Å². The van der Waals surface area contributed by atoms with E-state index in [4.69, 9.17) is 29.1 Å². The van der Waals surface area contributed by atoms with Gasteiger partial charge in [-0.05, 0) is 49.7 Å². The number of methoxy groups -OCH3 is 2. The highest BCUT2D eigenvalue weighted by Gasteiger charge is 2.38. The van der Waals surface area contributed by atoms with E-state index in [9.17, 15) is 0 Å². The average molecular weight is 588 g/mol. The smallest absolute Gasteiger partial charge is 0.230 e. The molecule has 0 saturated carbocycles. The Balaban J connectivity index is 1.25. The number of oxime groups is 1. The molecule has 0 bridgehead atoms. The molecule has 11 heteroatoms. The van der Waals surface area contributed by atoms with E-state index in [2.05, 4.69) is 46.4 Å². The van der Waals surface area contributed by atoms with Gasteiger partial charge >= 0.3 is 0 Å². The quantitative estimate of drug-likeness (QED) is 0.163. The van der Waals surface area contributed by atoms with Crippen molar-refractivity contribution in [2.45, 2.75) is 26.4 Å². The summed E-state index contributed by atoms with van der Waals surface area (Å²) in [6.07, 6.45) is 3.20. The molecular weight excluding hydrogens is 558 g/mol. The first-order valence-electron chi connectivity index (χ1n) is 14.0. The second-order valence-electron chi connectivity index (χ2n) is 10.4. The molecular formula is C33H29N7O4. The van der Waals surface area contributed by atoms with Crippen molar-refractivity contribution in [3.63, 3.8) is 0 Å². The Morgan fingerprint density at radius 3 is 2.48 bits per heavy atom. The highest BCUT2D eigenvalue weighted by Crippen LogP contribution is 2.49. The summed E-state index contributed by atoms with van der Waals surface area (Å²) >= 11 is 0. The van der Waals surface area contributed by atoms with Gasteiger partial charge in [-0.25, -0.2) is 19.2 Å². The van der Waals surface area contributed by atoms with Gasteiger partial charge < -0.3 is 19.0 Å². The number of fused-ring (bicyclic) bond motifs is 4. The fourth-order valence-corrected chi connectivity index (χ4v) is 5.45. The van der Waals surface area contributed by atoms with Gasteiger partial charge in [0.2, 0.25) is 11.8 Å². The van der Waals surface area contributed by atoms with Gasteiger partial charge in [-0.2, -0.15) is 5.10 Å². The summed E-state index contributed by atoms with van der Waals surface area (Å²) in [4.78, 5) is 15.1. The van der Waals surface area contributed by atoms with E-state index in [1.54, 1.807) is 31.3 Å². The molecule has 0 unspecified atom stereocenters. The topological polar surface area (TPSA) is 110 Å². The lowest BCUT2D eigenvalue weighted by molar-refractivity contribution is 0.126. The highest BCUT2D eigenvalue weighted by molar-refractivity contribution is 5.80. The zero-order chi connectivity index (χ0) is 30.2. The maximum absolute atomic E-state index is 6.49. The summed E-state index contributed by atoms with van der Waals surface area (Å²) in [5, 5.41) is 13.6. The Morgan fingerprint density at radius 2 is 1.70 bits per heavy atom. The van der Waals surface area contributed by atoms with Crippen molar-refractivity contribution in [3.8, 4) is 28.9 Å². The van der Waals surface area contributed by atoms with Crippen molar-refractivity contribution in [2.75, 3.05) is 14.2 Å². The largest absolute Gasteiger partial charge is 0.493 e. The van der Waals surface area contributed by atoms with Gasteiger partial charge in [-0.3, -0.25) is 0 Å². The molecule has 3 aromatic heterocycles. The minimum absolute atomic E-state index is 0.0620.